The lowest BCUT2D eigenvalue weighted by atomic mass is 10.0. The van der Waals surface area contributed by atoms with Crippen LogP contribution in [0.2, 0.25) is 0 Å². The number of amides is 3. The molecular weight excluding hydrogens is 529 g/mol. The minimum atomic E-state index is -4.49. The number of likely N-dealkylation sites (tertiary alicyclic amines) is 1. The molecule has 0 aliphatic carbocycles. The number of carbonyl (C=O) groups is 3. The molecule has 40 heavy (non-hydrogen) atoms. The number of aromatic nitrogens is 3. The molecular formula is C27H25F3N6O4. The first-order chi connectivity index (χ1) is 19.1. The van der Waals surface area contributed by atoms with Crippen molar-refractivity contribution in [3.8, 4) is 11.4 Å². The Hall–Kier alpha value is -4.26. The third kappa shape index (κ3) is 5.16. The van der Waals surface area contributed by atoms with Crippen LogP contribution in [-0.2, 0) is 28.9 Å². The van der Waals surface area contributed by atoms with Gasteiger partial charge in [0.2, 0.25) is 11.8 Å². The third-order valence-electron chi connectivity index (χ3n) is 7.37. The second kappa shape index (κ2) is 10.0. The van der Waals surface area contributed by atoms with Gasteiger partial charge < -0.3 is 9.64 Å². The van der Waals surface area contributed by atoms with Gasteiger partial charge in [-0.05, 0) is 48.7 Å². The molecule has 0 spiro atoms. The maximum atomic E-state index is 12.9. The number of nitrogens with one attached hydrogen (secondary N) is 1. The van der Waals surface area contributed by atoms with E-state index in [1.54, 1.807) is 24.5 Å². The highest BCUT2D eigenvalue weighted by molar-refractivity contribution is 6.05. The highest BCUT2D eigenvalue weighted by Gasteiger charge is 2.39. The van der Waals surface area contributed by atoms with Crippen molar-refractivity contribution in [1.29, 1.82) is 0 Å². The number of rotatable bonds is 6. The van der Waals surface area contributed by atoms with E-state index in [4.69, 9.17) is 4.74 Å². The van der Waals surface area contributed by atoms with E-state index in [1.807, 2.05) is 6.07 Å². The summed E-state index contributed by atoms with van der Waals surface area (Å²) in [6.45, 7) is 2.36. The summed E-state index contributed by atoms with van der Waals surface area (Å²) in [7, 11) is 0. The Balaban J connectivity index is 1.04. The van der Waals surface area contributed by atoms with Crippen molar-refractivity contribution in [3.05, 3.63) is 71.3 Å². The summed E-state index contributed by atoms with van der Waals surface area (Å²) < 4.78 is 46.0. The van der Waals surface area contributed by atoms with Gasteiger partial charge in [0.1, 0.15) is 23.6 Å². The Labute approximate surface area is 226 Å². The first kappa shape index (κ1) is 26.0. The Morgan fingerprint density at radius 1 is 1.07 bits per heavy atom. The Kier molecular flexibility index (Phi) is 6.53. The average Bonchev–Trinajstić information content (AvgIpc) is 3.64. The number of pyridine rings is 1. The summed E-state index contributed by atoms with van der Waals surface area (Å²) >= 11 is 0. The molecule has 208 valence electrons. The number of fused-ring (bicyclic) bond motifs is 1. The van der Waals surface area contributed by atoms with Gasteiger partial charge in [-0.25, -0.2) is 9.67 Å². The maximum absolute atomic E-state index is 12.9. The summed E-state index contributed by atoms with van der Waals surface area (Å²) in [5.41, 5.74) is 1.71. The fourth-order valence-electron chi connectivity index (χ4n) is 5.38. The van der Waals surface area contributed by atoms with Crippen molar-refractivity contribution in [2.75, 3.05) is 13.1 Å². The Bertz CT molecular complexity index is 1470. The van der Waals surface area contributed by atoms with Gasteiger partial charge in [-0.2, -0.15) is 18.3 Å². The average molecular weight is 555 g/mol. The number of benzene rings is 1. The predicted octanol–water partition coefficient (Wildman–Crippen LogP) is 2.70. The van der Waals surface area contributed by atoms with Gasteiger partial charge in [0.15, 0.2) is 0 Å². The van der Waals surface area contributed by atoms with Crippen molar-refractivity contribution in [2.45, 2.75) is 50.7 Å². The quantitative estimate of drug-likeness (QED) is 0.467. The van der Waals surface area contributed by atoms with E-state index >= 15 is 0 Å². The van der Waals surface area contributed by atoms with Crippen LogP contribution in [0.3, 0.4) is 0 Å². The van der Waals surface area contributed by atoms with Crippen LogP contribution in [0.5, 0.6) is 5.75 Å². The van der Waals surface area contributed by atoms with Crippen LogP contribution in [0.25, 0.3) is 5.69 Å². The lowest BCUT2D eigenvalue weighted by Gasteiger charge is -2.29. The maximum Gasteiger partial charge on any atom is 0.433 e. The van der Waals surface area contributed by atoms with Gasteiger partial charge in [-0.15, -0.1) is 0 Å². The molecule has 6 rings (SSSR count). The van der Waals surface area contributed by atoms with E-state index in [-0.39, 0.29) is 30.9 Å². The van der Waals surface area contributed by atoms with Crippen molar-refractivity contribution in [2.24, 2.45) is 0 Å². The molecule has 0 radical (unpaired) electrons. The van der Waals surface area contributed by atoms with Crippen LogP contribution >= 0.6 is 0 Å². The van der Waals surface area contributed by atoms with Gasteiger partial charge in [0, 0.05) is 49.9 Å². The number of ether oxygens (including phenoxy) is 1. The summed E-state index contributed by atoms with van der Waals surface area (Å²) in [6, 6.07) is 6.92. The van der Waals surface area contributed by atoms with Crippen molar-refractivity contribution in [1.82, 2.24) is 29.9 Å². The number of halogens is 3. The topological polar surface area (TPSA) is 110 Å². The molecule has 3 aliphatic heterocycles. The normalized spacial score (nSPS) is 21.6. The predicted molar refractivity (Wildman–Crippen MR) is 133 cm³/mol. The zero-order valence-corrected chi connectivity index (χ0v) is 21.2. The van der Waals surface area contributed by atoms with Crippen molar-refractivity contribution in [3.63, 3.8) is 0 Å². The molecule has 3 amide bonds. The second-order valence-corrected chi connectivity index (χ2v) is 10.2. The highest BCUT2D eigenvalue weighted by Crippen LogP contribution is 2.31. The molecule has 10 nitrogen and oxygen atoms in total. The molecule has 2 aromatic heterocycles. The molecule has 1 N–H and O–H groups in total. The molecule has 2 fully saturated rings. The zero-order chi connectivity index (χ0) is 28.0. The lowest BCUT2D eigenvalue weighted by Crippen LogP contribution is -2.52. The van der Waals surface area contributed by atoms with Gasteiger partial charge in [-0.3, -0.25) is 24.6 Å². The fourth-order valence-corrected chi connectivity index (χ4v) is 5.38. The van der Waals surface area contributed by atoms with Crippen LogP contribution in [0.15, 0.2) is 48.9 Å². The number of imide groups is 1. The molecule has 1 unspecified atom stereocenters. The highest BCUT2D eigenvalue weighted by atomic mass is 19.4. The zero-order valence-electron chi connectivity index (χ0n) is 21.2. The Morgan fingerprint density at radius 3 is 2.67 bits per heavy atom. The van der Waals surface area contributed by atoms with Gasteiger partial charge in [0.05, 0.1) is 18.1 Å². The molecule has 5 heterocycles. The van der Waals surface area contributed by atoms with E-state index in [0.29, 0.717) is 36.5 Å². The van der Waals surface area contributed by atoms with Crippen LogP contribution in [0.1, 0.15) is 46.4 Å². The number of nitrogens with zero attached hydrogens (tertiary/aromatic N) is 5. The smallest absolute Gasteiger partial charge is 0.433 e. The Morgan fingerprint density at radius 2 is 1.93 bits per heavy atom. The monoisotopic (exact) mass is 554 g/mol. The van der Waals surface area contributed by atoms with E-state index in [1.165, 1.54) is 15.6 Å². The molecule has 3 aliphatic rings. The number of piperidine rings is 1. The summed E-state index contributed by atoms with van der Waals surface area (Å²) in [5, 5.41) is 6.56. The number of hydrogen-bond donors (Lipinski definition) is 1. The van der Waals surface area contributed by atoms with E-state index in [9.17, 15) is 27.6 Å². The van der Waals surface area contributed by atoms with Crippen molar-refractivity contribution < 1.29 is 32.3 Å². The van der Waals surface area contributed by atoms with Gasteiger partial charge in [0.25, 0.3) is 5.91 Å². The molecule has 1 aromatic carbocycles. The molecule has 0 saturated carbocycles. The third-order valence-corrected chi connectivity index (χ3v) is 7.37. The van der Waals surface area contributed by atoms with E-state index < -0.39 is 23.8 Å². The number of carbonyl (C=O) groups excluding carboxylic acids is 3. The van der Waals surface area contributed by atoms with Crippen LogP contribution in [-0.4, -0.2) is 67.5 Å². The van der Waals surface area contributed by atoms with Gasteiger partial charge >= 0.3 is 6.18 Å². The standard InChI is InChI=1S/C27H25F3N6O4/c28-27(29,30)23-5-1-18(11-31-23)36-13-16(10-32-36)12-34-8-7-20(15-34)40-19-2-3-21-17(9-19)14-35(26(21)39)22-4-6-24(37)33-25(22)38/h1-3,5,9-11,13,20,22H,4,6-8,12,14-15H2,(H,33,37,38)/t20-,22?/m0/s1. The molecule has 3 aromatic rings. The first-order valence-corrected chi connectivity index (χ1v) is 12.9. The van der Waals surface area contributed by atoms with Crippen molar-refractivity contribution >= 4 is 17.7 Å². The fraction of sp³-hybridized carbons (Fsp3) is 0.370. The van der Waals surface area contributed by atoms with E-state index in [0.717, 1.165) is 36.4 Å². The summed E-state index contributed by atoms with van der Waals surface area (Å²) in [6.07, 6.45) is 1.36. The molecule has 2 saturated heterocycles. The number of alkyl halides is 3. The summed E-state index contributed by atoms with van der Waals surface area (Å²) in [5.74, 6) is -0.347. The first-order valence-electron chi connectivity index (χ1n) is 12.9. The minimum Gasteiger partial charge on any atom is -0.489 e. The van der Waals surface area contributed by atoms with Crippen LogP contribution in [0, 0.1) is 0 Å². The molecule has 2 atom stereocenters. The summed E-state index contributed by atoms with van der Waals surface area (Å²) in [4.78, 5) is 43.8. The molecule has 0 bridgehead atoms. The molecule has 13 heteroatoms. The SMILES string of the molecule is O=C1CCC(N2Cc3cc(O[C@H]4CCN(Cc5cnn(-c6ccc(C(F)(F)F)nc6)c5)C4)ccc3C2=O)C(=O)N1. The number of hydrogen-bond acceptors (Lipinski definition) is 7. The van der Waals surface area contributed by atoms with Gasteiger partial charge in [-0.1, -0.05) is 0 Å². The second-order valence-electron chi connectivity index (χ2n) is 10.2. The van der Waals surface area contributed by atoms with Crippen LogP contribution in [0.4, 0.5) is 13.2 Å². The minimum absolute atomic E-state index is 0.0597. The lowest BCUT2D eigenvalue weighted by molar-refractivity contribution is -0.141. The van der Waals surface area contributed by atoms with E-state index in [2.05, 4.69) is 20.3 Å². The van der Waals surface area contributed by atoms with Crippen LogP contribution < -0.4 is 10.1 Å². The largest absolute Gasteiger partial charge is 0.489 e.